The second-order valence-electron chi connectivity index (χ2n) is 3.78. The number of hydrogen-bond donors (Lipinski definition) is 3. The van der Waals surface area contributed by atoms with Gasteiger partial charge in [0.15, 0.2) is 5.69 Å². The van der Waals surface area contributed by atoms with Gasteiger partial charge < -0.3 is 16.2 Å². The molecule has 1 amide bonds. The number of nitrogens with zero attached hydrogens (tertiary/aromatic N) is 3. The van der Waals surface area contributed by atoms with Gasteiger partial charge in [0.25, 0.3) is 5.91 Å². The predicted molar refractivity (Wildman–Crippen MR) is 70.1 cm³/mol. The number of halogens is 1. The molecule has 0 unspecified atom stereocenters. The van der Waals surface area contributed by atoms with Crippen LogP contribution in [0.15, 0.2) is 24.4 Å². The number of phenolic OH excluding ortho intramolecular Hbond substituents is 1. The molecule has 0 aliphatic heterocycles. The maximum atomic E-state index is 11.9. The lowest BCUT2D eigenvalue weighted by molar-refractivity contribution is 0.102. The van der Waals surface area contributed by atoms with Crippen LogP contribution in [0, 0.1) is 0 Å². The van der Waals surface area contributed by atoms with E-state index in [0.29, 0.717) is 18.8 Å². The quantitative estimate of drug-likeness (QED) is 0.720. The molecule has 0 saturated carbocycles. The van der Waals surface area contributed by atoms with Crippen LogP contribution in [0.1, 0.15) is 10.5 Å². The van der Waals surface area contributed by atoms with Crippen molar-refractivity contribution < 1.29 is 9.90 Å². The standard InChI is InChI=1S/C11H12ClN5O2/c12-8-5-7(1-2-10(8)18)14-11(19)9-6-17(4-3-13)16-15-9/h1-2,5-6,18H,3-4,13H2,(H,14,19). The zero-order valence-corrected chi connectivity index (χ0v) is 10.6. The summed E-state index contributed by atoms with van der Waals surface area (Å²) in [5.41, 5.74) is 6.01. The molecular formula is C11H12ClN5O2. The van der Waals surface area contributed by atoms with Crippen LogP contribution < -0.4 is 11.1 Å². The molecule has 100 valence electrons. The average molecular weight is 282 g/mol. The van der Waals surface area contributed by atoms with Crippen LogP contribution in [0.4, 0.5) is 5.69 Å². The van der Waals surface area contributed by atoms with Crippen LogP contribution in [0.25, 0.3) is 0 Å². The molecule has 2 aromatic rings. The summed E-state index contributed by atoms with van der Waals surface area (Å²) < 4.78 is 1.48. The number of aromatic hydroxyl groups is 1. The first kappa shape index (κ1) is 13.3. The molecule has 0 radical (unpaired) electrons. The van der Waals surface area contributed by atoms with E-state index in [4.69, 9.17) is 17.3 Å². The zero-order valence-electron chi connectivity index (χ0n) is 9.88. The summed E-state index contributed by atoms with van der Waals surface area (Å²) in [6.45, 7) is 0.906. The lowest BCUT2D eigenvalue weighted by atomic mass is 10.3. The van der Waals surface area contributed by atoms with Gasteiger partial charge in [0.1, 0.15) is 5.75 Å². The maximum absolute atomic E-state index is 11.9. The molecule has 1 aromatic heterocycles. The Bertz CT molecular complexity index is 599. The number of nitrogens with one attached hydrogen (secondary N) is 1. The Hall–Kier alpha value is -2.12. The number of aromatic nitrogens is 3. The third kappa shape index (κ3) is 3.21. The fourth-order valence-electron chi connectivity index (χ4n) is 1.42. The normalized spacial score (nSPS) is 10.4. The second kappa shape index (κ2) is 5.68. The van der Waals surface area contributed by atoms with Crippen molar-refractivity contribution in [1.29, 1.82) is 0 Å². The fourth-order valence-corrected chi connectivity index (χ4v) is 1.60. The number of anilines is 1. The lowest BCUT2D eigenvalue weighted by Crippen LogP contribution is -2.12. The Balaban J connectivity index is 2.09. The van der Waals surface area contributed by atoms with Gasteiger partial charge in [0.05, 0.1) is 17.8 Å². The first-order chi connectivity index (χ1) is 9.10. The topological polar surface area (TPSA) is 106 Å². The Kier molecular flexibility index (Phi) is 3.98. The number of nitrogens with two attached hydrogens (primary N) is 1. The van der Waals surface area contributed by atoms with Gasteiger partial charge in [-0.1, -0.05) is 16.8 Å². The van der Waals surface area contributed by atoms with Crippen LogP contribution in [-0.4, -0.2) is 32.6 Å². The highest BCUT2D eigenvalue weighted by Gasteiger charge is 2.11. The van der Waals surface area contributed by atoms with Crippen molar-refractivity contribution in [2.24, 2.45) is 5.73 Å². The van der Waals surface area contributed by atoms with Crippen molar-refractivity contribution in [2.75, 3.05) is 11.9 Å². The summed E-state index contributed by atoms with van der Waals surface area (Å²) in [7, 11) is 0. The smallest absolute Gasteiger partial charge is 0.277 e. The number of rotatable bonds is 4. The van der Waals surface area contributed by atoms with Gasteiger partial charge >= 0.3 is 0 Å². The number of phenols is 1. The molecule has 7 nitrogen and oxygen atoms in total. The predicted octanol–water partition coefficient (Wildman–Crippen LogP) is 0.848. The van der Waals surface area contributed by atoms with Crippen LogP contribution in [0.3, 0.4) is 0 Å². The third-order valence-corrected chi connectivity index (χ3v) is 2.64. The highest BCUT2D eigenvalue weighted by molar-refractivity contribution is 6.32. The van der Waals surface area contributed by atoms with Gasteiger partial charge in [-0.2, -0.15) is 0 Å². The number of amides is 1. The summed E-state index contributed by atoms with van der Waals surface area (Å²) in [5, 5.41) is 19.5. The second-order valence-corrected chi connectivity index (χ2v) is 4.18. The third-order valence-electron chi connectivity index (χ3n) is 2.34. The summed E-state index contributed by atoms with van der Waals surface area (Å²) >= 11 is 5.74. The zero-order chi connectivity index (χ0) is 13.8. The molecule has 0 bridgehead atoms. The van der Waals surface area contributed by atoms with Crippen molar-refractivity contribution >= 4 is 23.2 Å². The van der Waals surface area contributed by atoms with E-state index in [1.807, 2.05) is 0 Å². The van der Waals surface area contributed by atoms with E-state index in [9.17, 15) is 9.90 Å². The van der Waals surface area contributed by atoms with Crippen molar-refractivity contribution in [3.8, 4) is 5.75 Å². The molecular weight excluding hydrogens is 270 g/mol. The Morgan fingerprint density at radius 1 is 1.53 bits per heavy atom. The van der Waals surface area contributed by atoms with E-state index in [1.165, 1.54) is 29.1 Å². The van der Waals surface area contributed by atoms with Gasteiger partial charge in [0.2, 0.25) is 0 Å². The van der Waals surface area contributed by atoms with Crippen molar-refractivity contribution in [2.45, 2.75) is 6.54 Å². The lowest BCUT2D eigenvalue weighted by Gasteiger charge is -2.04. The average Bonchev–Trinajstić information content (AvgIpc) is 2.83. The molecule has 0 saturated heterocycles. The van der Waals surface area contributed by atoms with Crippen molar-refractivity contribution in [3.63, 3.8) is 0 Å². The molecule has 0 fully saturated rings. The minimum atomic E-state index is -0.412. The Labute approximate surface area is 114 Å². The molecule has 2 rings (SSSR count). The summed E-state index contributed by atoms with van der Waals surface area (Å²) in [4.78, 5) is 11.9. The largest absolute Gasteiger partial charge is 0.506 e. The molecule has 1 heterocycles. The van der Waals surface area contributed by atoms with E-state index in [-0.39, 0.29) is 16.5 Å². The molecule has 0 atom stereocenters. The maximum Gasteiger partial charge on any atom is 0.277 e. The highest BCUT2D eigenvalue weighted by Crippen LogP contribution is 2.26. The molecule has 19 heavy (non-hydrogen) atoms. The van der Waals surface area contributed by atoms with Crippen molar-refractivity contribution in [1.82, 2.24) is 15.0 Å². The Morgan fingerprint density at radius 3 is 3.00 bits per heavy atom. The summed E-state index contributed by atoms with van der Waals surface area (Å²) in [6.07, 6.45) is 1.50. The van der Waals surface area contributed by atoms with Gasteiger partial charge in [-0.3, -0.25) is 9.48 Å². The van der Waals surface area contributed by atoms with E-state index >= 15 is 0 Å². The van der Waals surface area contributed by atoms with E-state index in [1.54, 1.807) is 0 Å². The number of benzene rings is 1. The van der Waals surface area contributed by atoms with E-state index < -0.39 is 5.91 Å². The minimum Gasteiger partial charge on any atom is -0.506 e. The van der Waals surface area contributed by atoms with Gasteiger partial charge in [-0.05, 0) is 18.2 Å². The summed E-state index contributed by atoms with van der Waals surface area (Å²) in [5.74, 6) is -0.460. The van der Waals surface area contributed by atoms with Crippen LogP contribution in [0.2, 0.25) is 5.02 Å². The summed E-state index contributed by atoms with van der Waals surface area (Å²) in [6, 6.07) is 4.37. The first-order valence-electron chi connectivity index (χ1n) is 5.50. The highest BCUT2D eigenvalue weighted by atomic mass is 35.5. The molecule has 8 heteroatoms. The minimum absolute atomic E-state index is 0.0476. The van der Waals surface area contributed by atoms with Crippen LogP contribution >= 0.6 is 11.6 Å². The molecule has 0 spiro atoms. The van der Waals surface area contributed by atoms with Crippen LogP contribution in [-0.2, 0) is 6.54 Å². The first-order valence-corrected chi connectivity index (χ1v) is 5.88. The van der Waals surface area contributed by atoms with Crippen LogP contribution in [0.5, 0.6) is 5.75 Å². The van der Waals surface area contributed by atoms with Gasteiger partial charge in [0, 0.05) is 12.2 Å². The molecule has 4 N–H and O–H groups in total. The number of carbonyl (C=O) groups excluding carboxylic acids is 1. The SMILES string of the molecule is NCCn1cc(C(=O)Nc2ccc(O)c(Cl)c2)nn1. The fraction of sp³-hybridized carbons (Fsp3) is 0.182. The monoisotopic (exact) mass is 281 g/mol. The number of carbonyl (C=O) groups is 1. The van der Waals surface area contributed by atoms with Gasteiger partial charge in [-0.15, -0.1) is 5.10 Å². The van der Waals surface area contributed by atoms with E-state index in [0.717, 1.165) is 0 Å². The van der Waals surface area contributed by atoms with E-state index in [2.05, 4.69) is 15.6 Å². The Morgan fingerprint density at radius 2 is 2.32 bits per heavy atom. The molecule has 1 aromatic carbocycles. The molecule has 0 aliphatic rings. The molecule has 0 aliphatic carbocycles. The number of hydrogen-bond acceptors (Lipinski definition) is 5. The van der Waals surface area contributed by atoms with Crippen molar-refractivity contribution in [3.05, 3.63) is 35.1 Å². The van der Waals surface area contributed by atoms with Gasteiger partial charge in [-0.25, -0.2) is 0 Å².